The molecule has 1 aromatic heterocycles. The Bertz CT molecular complexity index is 688. The molecule has 0 fully saturated rings. The summed E-state index contributed by atoms with van der Waals surface area (Å²) < 4.78 is 5.55. The maximum atomic E-state index is 6.05. The molecule has 0 aliphatic rings. The number of aromatic nitrogens is 1. The molecule has 0 saturated heterocycles. The van der Waals surface area contributed by atoms with E-state index in [1.54, 1.807) is 25.5 Å². The summed E-state index contributed by atoms with van der Waals surface area (Å²) in [5.41, 5.74) is 2.11. The van der Waals surface area contributed by atoms with E-state index in [0.29, 0.717) is 24.1 Å². The van der Waals surface area contributed by atoms with Gasteiger partial charge in [0, 0.05) is 30.6 Å². The van der Waals surface area contributed by atoms with Gasteiger partial charge in [0.25, 0.3) is 0 Å². The van der Waals surface area contributed by atoms with E-state index in [0.717, 1.165) is 16.3 Å². The zero-order chi connectivity index (χ0) is 17.5. The number of aliphatic imine (C=N–C) groups is 1. The van der Waals surface area contributed by atoms with E-state index in [9.17, 15) is 0 Å². The zero-order valence-electron chi connectivity index (χ0n) is 14.8. The van der Waals surface area contributed by atoms with Gasteiger partial charge in [-0.15, -0.1) is 35.3 Å². The molecule has 0 amide bonds. The first kappa shape index (κ1) is 22.1. The first-order valence-electron chi connectivity index (χ1n) is 7.69. The number of rotatable bonds is 6. The smallest absolute Gasteiger partial charge is 0.191 e. The highest BCUT2D eigenvalue weighted by atomic mass is 127. The molecule has 1 aromatic carbocycles. The van der Waals surface area contributed by atoms with Crippen LogP contribution in [0.1, 0.15) is 27.2 Å². The Morgan fingerprint density at radius 3 is 2.68 bits per heavy atom. The molecule has 2 rings (SSSR count). The standard InChI is InChI=1S/C17H23ClN4OS.HI/c1-11-12(2)24-16(22-11)10-21-17(19-3)20-9-15(23-4)13-6-5-7-14(18)8-13;/h5-8,15H,9-10H2,1-4H3,(H2,19,20,21);1H. The average molecular weight is 495 g/mol. The Kier molecular flexibility index (Phi) is 9.70. The number of nitrogens with one attached hydrogen (secondary N) is 2. The van der Waals surface area contributed by atoms with Crippen LogP contribution in [0.3, 0.4) is 0 Å². The normalized spacial score (nSPS) is 12.4. The first-order chi connectivity index (χ1) is 11.5. The van der Waals surface area contributed by atoms with Gasteiger partial charge in [0.2, 0.25) is 0 Å². The maximum Gasteiger partial charge on any atom is 0.191 e. The van der Waals surface area contributed by atoms with Crippen molar-refractivity contribution in [1.29, 1.82) is 0 Å². The minimum Gasteiger partial charge on any atom is -0.375 e. The minimum absolute atomic E-state index is 0. The molecule has 5 nitrogen and oxygen atoms in total. The number of hydrogen-bond donors (Lipinski definition) is 2. The third kappa shape index (κ3) is 6.73. The summed E-state index contributed by atoms with van der Waals surface area (Å²) in [6.45, 7) is 5.34. The van der Waals surface area contributed by atoms with E-state index in [1.165, 1.54) is 4.88 Å². The van der Waals surface area contributed by atoms with Crippen molar-refractivity contribution in [2.75, 3.05) is 20.7 Å². The second kappa shape index (κ2) is 10.9. The molecule has 0 aliphatic carbocycles. The summed E-state index contributed by atoms with van der Waals surface area (Å²) in [5, 5.41) is 8.30. The highest BCUT2D eigenvalue weighted by molar-refractivity contribution is 14.0. The summed E-state index contributed by atoms with van der Waals surface area (Å²) in [6, 6.07) is 7.68. The summed E-state index contributed by atoms with van der Waals surface area (Å²) in [4.78, 5) is 10.0. The van der Waals surface area contributed by atoms with E-state index < -0.39 is 0 Å². The van der Waals surface area contributed by atoms with Gasteiger partial charge in [-0.05, 0) is 31.5 Å². The highest BCUT2D eigenvalue weighted by Gasteiger charge is 2.12. The molecule has 1 atom stereocenters. The molecule has 0 saturated carbocycles. The van der Waals surface area contributed by atoms with Crippen molar-refractivity contribution in [3.63, 3.8) is 0 Å². The van der Waals surface area contributed by atoms with Crippen molar-refractivity contribution in [1.82, 2.24) is 15.6 Å². The molecule has 138 valence electrons. The maximum absolute atomic E-state index is 6.05. The van der Waals surface area contributed by atoms with Crippen molar-refractivity contribution < 1.29 is 4.74 Å². The van der Waals surface area contributed by atoms with Crippen LogP contribution >= 0.6 is 46.9 Å². The number of hydrogen-bond acceptors (Lipinski definition) is 4. The van der Waals surface area contributed by atoms with Crippen LogP contribution in [0.4, 0.5) is 0 Å². The van der Waals surface area contributed by atoms with Crippen LogP contribution in [0, 0.1) is 13.8 Å². The Morgan fingerprint density at radius 1 is 1.36 bits per heavy atom. The van der Waals surface area contributed by atoms with Gasteiger partial charge >= 0.3 is 0 Å². The van der Waals surface area contributed by atoms with Gasteiger partial charge in [0.1, 0.15) is 5.01 Å². The molecule has 25 heavy (non-hydrogen) atoms. The van der Waals surface area contributed by atoms with Gasteiger partial charge in [-0.2, -0.15) is 0 Å². The van der Waals surface area contributed by atoms with Gasteiger partial charge in [-0.25, -0.2) is 4.98 Å². The van der Waals surface area contributed by atoms with Crippen LogP contribution in [0.5, 0.6) is 0 Å². The predicted octanol–water partition coefficient (Wildman–Crippen LogP) is 4.08. The van der Waals surface area contributed by atoms with Crippen LogP contribution in [-0.4, -0.2) is 31.6 Å². The highest BCUT2D eigenvalue weighted by Crippen LogP contribution is 2.20. The van der Waals surface area contributed by atoms with E-state index >= 15 is 0 Å². The largest absolute Gasteiger partial charge is 0.375 e. The molecule has 0 radical (unpaired) electrons. The van der Waals surface area contributed by atoms with E-state index in [4.69, 9.17) is 16.3 Å². The van der Waals surface area contributed by atoms with E-state index in [2.05, 4.69) is 27.5 Å². The SMILES string of the molecule is CN=C(NCc1nc(C)c(C)s1)NCC(OC)c1cccc(Cl)c1.I. The molecular formula is C17H24ClIN4OS. The van der Waals surface area contributed by atoms with Crippen LogP contribution in [-0.2, 0) is 11.3 Å². The lowest BCUT2D eigenvalue weighted by atomic mass is 10.1. The van der Waals surface area contributed by atoms with Gasteiger partial charge < -0.3 is 15.4 Å². The zero-order valence-corrected chi connectivity index (χ0v) is 18.7. The van der Waals surface area contributed by atoms with Crippen molar-refractivity contribution in [2.45, 2.75) is 26.5 Å². The van der Waals surface area contributed by atoms with Crippen molar-refractivity contribution in [3.8, 4) is 0 Å². The Hall–Kier alpha value is -0.900. The second-order valence-corrected chi connectivity index (χ2v) is 7.06. The number of nitrogens with zero attached hydrogens (tertiary/aromatic N) is 2. The van der Waals surface area contributed by atoms with Crippen molar-refractivity contribution >= 4 is 52.9 Å². The average Bonchev–Trinajstić information content (AvgIpc) is 2.89. The van der Waals surface area contributed by atoms with Gasteiger partial charge in [0.15, 0.2) is 5.96 Å². The Labute approximate surface area is 175 Å². The van der Waals surface area contributed by atoms with Gasteiger partial charge in [-0.1, -0.05) is 23.7 Å². The molecule has 1 heterocycles. The third-order valence-corrected chi connectivity index (χ3v) is 4.97. The number of aryl methyl sites for hydroxylation is 2. The lowest BCUT2D eigenvalue weighted by Gasteiger charge is -2.18. The Morgan fingerprint density at radius 2 is 2.12 bits per heavy atom. The topological polar surface area (TPSA) is 58.5 Å². The van der Waals surface area contributed by atoms with Gasteiger partial charge in [0.05, 0.1) is 18.3 Å². The fourth-order valence-electron chi connectivity index (χ4n) is 2.23. The van der Waals surface area contributed by atoms with E-state index in [1.807, 2.05) is 31.2 Å². The molecule has 2 aromatic rings. The molecule has 0 bridgehead atoms. The van der Waals surface area contributed by atoms with Crippen LogP contribution in [0.15, 0.2) is 29.3 Å². The second-order valence-electron chi connectivity index (χ2n) is 5.34. The molecule has 0 aliphatic heterocycles. The summed E-state index contributed by atoms with van der Waals surface area (Å²) in [5.74, 6) is 0.713. The number of halogens is 2. The van der Waals surface area contributed by atoms with Crippen LogP contribution < -0.4 is 10.6 Å². The lowest BCUT2D eigenvalue weighted by Crippen LogP contribution is -2.39. The number of methoxy groups -OCH3 is 1. The van der Waals surface area contributed by atoms with Crippen LogP contribution in [0.2, 0.25) is 5.02 Å². The molecule has 1 unspecified atom stereocenters. The molecule has 2 N–H and O–H groups in total. The first-order valence-corrected chi connectivity index (χ1v) is 8.88. The summed E-state index contributed by atoms with van der Waals surface area (Å²) in [7, 11) is 3.43. The lowest BCUT2D eigenvalue weighted by molar-refractivity contribution is 0.106. The van der Waals surface area contributed by atoms with Crippen molar-refractivity contribution in [2.24, 2.45) is 4.99 Å². The van der Waals surface area contributed by atoms with E-state index in [-0.39, 0.29) is 30.1 Å². The fraction of sp³-hybridized carbons (Fsp3) is 0.412. The number of thiazole rings is 1. The number of guanidine groups is 1. The quantitative estimate of drug-likeness (QED) is 0.361. The molecule has 0 spiro atoms. The predicted molar refractivity (Wildman–Crippen MR) is 116 cm³/mol. The summed E-state index contributed by atoms with van der Waals surface area (Å²) >= 11 is 7.75. The molecular weight excluding hydrogens is 471 g/mol. The van der Waals surface area contributed by atoms with Crippen LogP contribution in [0.25, 0.3) is 0 Å². The minimum atomic E-state index is -0.105. The molecule has 8 heteroatoms. The summed E-state index contributed by atoms with van der Waals surface area (Å²) in [6.07, 6.45) is -0.105. The van der Waals surface area contributed by atoms with Gasteiger partial charge in [-0.3, -0.25) is 4.99 Å². The van der Waals surface area contributed by atoms with Crippen molar-refractivity contribution in [3.05, 3.63) is 50.4 Å². The fourth-order valence-corrected chi connectivity index (χ4v) is 3.30. The monoisotopic (exact) mass is 494 g/mol. The Balaban J connectivity index is 0.00000312. The number of ether oxygens (including phenoxy) is 1. The number of benzene rings is 1. The third-order valence-electron chi connectivity index (χ3n) is 3.66.